The average Bonchev–Trinajstić information content (AvgIpc) is 2.07. The zero-order chi connectivity index (χ0) is 8.55. The summed E-state index contributed by atoms with van der Waals surface area (Å²) in [6.07, 6.45) is 2.75. The Hall–Kier alpha value is -1.91. The number of nitrogens with one attached hydrogen (secondary N) is 1. The second-order valence-corrected chi connectivity index (χ2v) is 2.34. The minimum Gasteiger partial charge on any atom is -0.382 e. The molecule has 0 spiro atoms. The van der Waals surface area contributed by atoms with E-state index >= 15 is 0 Å². The molecule has 0 atom stereocenters. The summed E-state index contributed by atoms with van der Waals surface area (Å²) in [7, 11) is 0. The summed E-state index contributed by atoms with van der Waals surface area (Å²) >= 11 is 0. The Bertz CT molecular complexity index is 476. The van der Waals surface area contributed by atoms with E-state index in [1.165, 1.54) is 6.20 Å². The highest BCUT2D eigenvalue weighted by Crippen LogP contribution is 2.09. The number of aromatic amines is 1. The normalized spacial score (nSPS) is 10.3. The molecule has 5 heteroatoms. The zero-order valence-electron chi connectivity index (χ0n) is 6.11. The molecule has 0 aliphatic heterocycles. The van der Waals surface area contributed by atoms with Gasteiger partial charge in [-0.3, -0.25) is 4.79 Å². The van der Waals surface area contributed by atoms with Gasteiger partial charge in [0.05, 0.1) is 11.7 Å². The van der Waals surface area contributed by atoms with Crippen molar-refractivity contribution in [3.8, 4) is 0 Å². The van der Waals surface area contributed by atoms with Gasteiger partial charge in [0.25, 0.3) is 5.56 Å². The predicted octanol–water partition coefficient (Wildman–Crippen LogP) is -0.0997. The second-order valence-electron chi connectivity index (χ2n) is 2.34. The molecule has 0 radical (unpaired) electrons. The van der Waals surface area contributed by atoms with E-state index in [1.807, 2.05) is 0 Å². The predicted molar refractivity (Wildman–Crippen MR) is 44.6 cm³/mol. The van der Waals surface area contributed by atoms with Gasteiger partial charge >= 0.3 is 0 Å². The van der Waals surface area contributed by atoms with Crippen molar-refractivity contribution in [3.63, 3.8) is 0 Å². The first-order valence-electron chi connectivity index (χ1n) is 3.37. The van der Waals surface area contributed by atoms with Crippen LogP contribution in [0.15, 0.2) is 23.3 Å². The number of H-pyrrole nitrogens is 1. The molecule has 2 heterocycles. The molecular formula is C7H6N4O. The van der Waals surface area contributed by atoms with Crippen LogP contribution in [0.2, 0.25) is 0 Å². The fourth-order valence-electron chi connectivity index (χ4n) is 0.987. The van der Waals surface area contributed by atoms with Crippen molar-refractivity contribution in [3.05, 3.63) is 28.8 Å². The number of nitrogen functional groups attached to an aromatic ring is 1. The number of aromatic nitrogens is 3. The minimum atomic E-state index is -0.276. The standard InChI is InChI=1S/C7H6N4O/c8-7-6-4(1-2-9-7)10-3-5(12)11-6/h1-3H,(H2,8,9)(H,11,12). The highest BCUT2D eigenvalue weighted by Gasteiger charge is 1.98. The van der Waals surface area contributed by atoms with Crippen LogP contribution in [0.1, 0.15) is 0 Å². The third-order valence-electron chi connectivity index (χ3n) is 1.53. The fraction of sp³-hybridized carbons (Fsp3) is 0. The third kappa shape index (κ3) is 0.914. The molecule has 0 unspecified atom stereocenters. The van der Waals surface area contributed by atoms with E-state index in [4.69, 9.17) is 5.73 Å². The summed E-state index contributed by atoms with van der Waals surface area (Å²) in [5, 5.41) is 0. The van der Waals surface area contributed by atoms with Crippen molar-refractivity contribution in [1.82, 2.24) is 15.0 Å². The van der Waals surface area contributed by atoms with Gasteiger partial charge in [-0.2, -0.15) is 0 Å². The summed E-state index contributed by atoms with van der Waals surface area (Å²) < 4.78 is 0. The van der Waals surface area contributed by atoms with Crippen LogP contribution in [-0.4, -0.2) is 15.0 Å². The van der Waals surface area contributed by atoms with Crippen LogP contribution < -0.4 is 11.3 Å². The molecule has 0 bridgehead atoms. The maximum atomic E-state index is 10.8. The summed E-state index contributed by atoms with van der Waals surface area (Å²) in [6.45, 7) is 0. The van der Waals surface area contributed by atoms with Gasteiger partial charge in [0.2, 0.25) is 0 Å². The van der Waals surface area contributed by atoms with Crippen molar-refractivity contribution in [2.45, 2.75) is 0 Å². The first kappa shape index (κ1) is 6.78. The first-order chi connectivity index (χ1) is 5.77. The summed E-state index contributed by atoms with van der Waals surface area (Å²) in [4.78, 5) is 21.1. The van der Waals surface area contributed by atoms with Crippen LogP contribution in [-0.2, 0) is 0 Å². The Morgan fingerprint density at radius 3 is 3.08 bits per heavy atom. The molecule has 0 aliphatic rings. The van der Waals surface area contributed by atoms with Gasteiger partial charge in [-0.25, -0.2) is 9.97 Å². The summed E-state index contributed by atoms with van der Waals surface area (Å²) in [5.74, 6) is 0.290. The Balaban J connectivity index is 2.97. The number of pyridine rings is 1. The molecule has 0 aromatic carbocycles. The number of anilines is 1. The van der Waals surface area contributed by atoms with Gasteiger partial charge in [-0.05, 0) is 6.07 Å². The number of nitrogens with zero attached hydrogens (tertiary/aromatic N) is 2. The monoisotopic (exact) mass is 162 g/mol. The van der Waals surface area contributed by atoms with Gasteiger partial charge < -0.3 is 10.7 Å². The van der Waals surface area contributed by atoms with Crippen LogP contribution in [0, 0.1) is 0 Å². The van der Waals surface area contributed by atoms with Gasteiger partial charge in [0, 0.05) is 6.20 Å². The lowest BCUT2D eigenvalue weighted by molar-refractivity contribution is 1.20. The second kappa shape index (κ2) is 2.30. The minimum absolute atomic E-state index is 0.276. The largest absolute Gasteiger partial charge is 0.382 e. The molecule has 2 aromatic rings. The van der Waals surface area contributed by atoms with Gasteiger partial charge in [0.1, 0.15) is 11.3 Å². The van der Waals surface area contributed by atoms with Crippen molar-refractivity contribution in [2.75, 3.05) is 5.73 Å². The summed E-state index contributed by atoms with van der Waals surface area (Å²) in [5.41, 5.74) is 6.36. The van der Waals surface area contributed by atoms with Crippen molar-refractivity contribution >= 4 is 16.9 Å². The highest BCUT2D eigenvalue weighted by molar-refractivity contribution is 5.82. The van der Waals surface area contributed by atoms with E-state index in [1.54, 1.807) is 12.3 Å². The van der Waals surface area contributed by atoms with Gasteiger partial charge in [-0.15, -0.1) is 0 Å². The number of fused-ring (bicyclic) bond motifs is 1. The number of hydrogen-bond acceptors (Lipinski definition) is 4. The zero-order valence-corrected chi connectivity index (χ0v) is 6.11. The lowest BCUT2D eigenvalue weighted by Crippen LogP contribution is -2.07. The Kier molecular flexibility index (Phi) is 1.30. The molecule has 0 fully saturated rings. The maximum absolute atomic E-state index is 10.8. The van der Waals surface area contributed by atoms with Crippen LogP contribution >= 0.6 is 0 Å². The van der Waals surface area contributed by atoms with Crippen molar-refractivity contribution < 1.29 is 0 Å². The molecule has 2 aromatic heterocycles. The molecule has 0 amide bonds. The number of nitrogens with two attached hydrogens (primary N) is 1. The molecular weight excluding hydrogens is 156 g/mol. The highest BCUT2D eigenvalue weighted by atomic mass is 16.1. The van der Waals surface area contributed by atoms with E-state index in [2.05, 4.69) is 15.0 Å². The molecule has 60 valence electrons. The Morgan fingerprint density at radius 2 is 2.25 bits per heavy atom. The van der Waals surface area contributed by atoms with Crippen LogP contribution in [0.4, 0.5) is 5.82 Å². The third-order valence-corrected chi connectivity index (χ3v) is 1.53. The average molecular weight is 162 g/mol. The number of hydrogen-bond donors (Lipinski definition) is 2. The first-order valence-corrected chi connectivity index (χ1v) is 3.37. The van der Waals surface area contributed by atoms with E-state index < -0.39 is 0 Å². The fourth-order valence-corrected chi connectivity index (χ4v) is 0.987. The van der Waals surface area contributed by atoms with Crippen molar-refractivity contribution in [1.29, 1.82) is 0 Å². The molecule has 2 rings (SSSR count). The molecule has 0 aliphatic carbocycles. The smallest absolute Gasteiger partial charge is 0.266 e. The van der Waals surface area contributed by atoms with Gasteiger partial charge in [-0.1, -0.05) is 0 Å². The lowest BCUT2D eigenvalue weighted by Gasteiger charge is -1.97. The topological polar surface area (TPSA) is 84.7 Å². The number of rotatable bonds is 0. The van der Waals surface area contributed by atoms with Crippen molar-refractivity contribution in [2.24, 2.45) is 0 Å². The molecule has 3 N–H and O–H groups in total. The van der Waals surface area contributed by atoms with Gasteiger partial charge in [0.15, 0.2) is 0 Å². The Labute approximate surface area is 67.3 Å². The van der Waals surface area contributed by atoms with E-state index in [-0.39, 0.29) is 11.4 Å². The molecule has 0 saturated heterocycles. The van der Waals surface area contributed by atoms with E-state index in [0.717, 1.165) is 0 Å². The molecule has 5 nitrogen and oxygen atoms in total. The quantitative estimate of drug-likeness (QED) is 0.566. The molecule has 0 saturated carbocycles. The van der Waals surface area contributed by atoms with E-state index in [9.17, 15) is 4.79 Å². The maximum Gasteiger partial charge on any atom is 0.266 e. The Morgan fingerprint density at radius 1 is 1.42 bits per heavy atom. The summed E-state index contributed by atoms with van der Waals surface area (Å²) in [6, 6.07) is 1.68. The van der Waals surface area contributed by atoms with E-state index in [0.29, 0.717) is 11.0 Å². The van der Waals surface area contributed by atoms with Crippen LogP contribution in [0.25, 0.3) is 11.0 Å². The molecule has 12 heavy (non-hydrogen) atoms. The lowest BCUT2D eigenvalue weighted by atomic mass is 10.4. The van der Waals surface area contributed by atoms with Crippen LogP contribution in [0.5, 0.6) is 0 Å². The van der Waals surface area contributed by atoms with Crippen LogP contribution in [0.3, 0.4) is 0 Å². The SMILES string of the molecule is Nc1nccc2ncc(=O)[nH]c12.